The molecule has 0 radical (unpaired) electrons. The fourth-order valence-electron chi connectivity index (χ4n) is 2.70. The van der Waals surface area contributed by atoms with E-state index in [9.17, 15) is 4.79 Å². The summed E-state index contributed by atoms with van der Waals surface area (Å²) in [6.45, 7) is 5.59. The quantitative estimate of drug-likeness (QED) is 0.763. The fraction of sp³-hybridized carbons (Fsp3) is 0.917. The maximum absolute atomic E-state index is 11.8. The average molecular weight is 243 g/mol. The number of hydrogen-bond acceptors (Lipinski definition) is 3. The van der Waals surface area contributed by atoms with Gasteiger partial charge in [0.1, 0.15) is 0 Å². The van der Waals surface area contributed by atoms with Crippen LogP contribution in [0.25, 0.3) is 0 Å². The Kier molecular flexibility index (Phi) is 3.80. The Balaban J connectivity index is 1.98. The summed E-state index contributed by atoms with van der Waals surface area (Å²) in [7, 11) is 0. The Morgan fingerprint density at radius 2 is 2.19 bits per heavy atom. The van der Waals surface area contributed by atoms with Crippen LogP contribution in [0.1, 0.15) is 26.2 Å². The molecular weight excluding hydrogens is 222 g/mol. The Morgan fingerprint density at radius 1 is 1.50 bits per heavy atom. The molecule has 2 aliphatic rings. The molecule has 1 unspecified atom stereocenters. The van der Waals surface area contributed by atoms with Crippen LogP contribution in [-0.4, -0.2) is 42.9 Å². The molecule has 0 spiro atoms. The maximum atomic E-state index is 11.8. The minimum atomic E-state index is 0.196. The van der Waals surface area contributed by atoms with Crippen LogP contribution in [0.4, 0.5) is 0 Å². The smallest absolute Gasteiger partial charge is 0.222 e. The van der Waals surface area contributed by atoms with Crippen LogP contribution in [0.5, 0.6) is 0 Å². The van der Waals surface area contributed by atoms with Gasteiger partial charge in [-0.25, -0.2) is 0 Å². The van der Waals surface area contributed by atoms with E-state index in [1.807, 2.05) is 4.90 Å². The zero-order chi connectivity index (χ0) is 11.6. The topological polar surface area (TPSA) is 29.5 Å². The molecule has 0 saturated carbocycles. The summed E-state index contributed by atoms with van der Waals surface area (Å²) in [6, 6.07) is 0. The van der Waals surface area contributed by atoms with Gasteiger partial charge in [0.25, 0.3) is 0 Å². The van der Waals surface area contributed by atoms with Gasteiger partial charge in [-0.2, -0.15) is 12.6 Å². The largest absolute Gasteiger partial charge is 0.381 e. The van der Waals surface area contributed by atoms with Gasteiger partial charge in [-0.3, -0.25) is 4.79 Å². The first-order valence-corrected chi connectivity index (χ1v) is 6.75. The molecule has 0 N–H and O–H groups in total. The Bertz CT molecular complexity index is 264. The van der Waals surface area contributed by atoms with E-state index in [2.05, 4.69) is 19.6 Å². The molecule has 4 heteroatoms. The summed E-state index contributed by atoms with van der Waals surface area (Å²) in [5.41, 5.74) is 0.196. The molecule has 0 aromatic heterocycles. The third-order valence-electron chi connectivity index (χ3n) is 3.82. The highest BCUT2D eigenvalue weighted by atomic mass is 32.1. The van der Waals surface area contributed by atoms with Gasteiger partial charge in [0.15, 0.2) is 0 Å². The van der Waals surface area contributed by atoms with E-state index >= 15 is 0 Å². The lowest BCUT2D eigenvalue weighted by atomic mass is 9.81. The van der Waals surface area contributed by atoms with Crippen molar-refractivity contribution in [3.63, 3.8) is 0 Å². The highest BCUT2D eigenvalue weighted by Crippen LogP contribution is 2.34. The van der Waals surface area contributed by atoms with E-state index in [4.69, 9.17) is 4.74 Å². The van der Waals surface area contributed by atoms with Crippen LogP contribution in [0.3, 0.4) is 0 Å². The molecule has 16 heavy (non-hydrogen) atoms. The summed E-state index contributed by atoms with van der Waals surface area (Å²) >= 11 is 4.48. The van der Waals surface area contributed by atoms with E-state index < -0.39 is 0 Å². The van der Waals surface area contributed by atoms with Gasteiger partial charge in [0.05, 0.1) is 0 Å². The highest BCUT2D eigenvalue weighted by Gasteiger charge is 2.37. The van der Waals surface area contributed by atoms with Crippen LogP contribution in [0.2, 0.25) is 0 Å². The standard InChI is InChI=1S/C12H21NO2S/c1-10-6-11(14)13(7-10)8-12(9-16)2-4-15-5-3-12/h10,16H,2-9H2,1H3. The van der Waals surface area contributed by atoms with Crippen molar-refractivity contribution < 1.29 is 9.53 Å². The second-order valence-electron chi connectivity index (χ2n) is 5.35. The van der Waals surface area contributed by atoms with Crippen molar-refractivity contribution in [3.05, 3.63) is 0 Å². The van der Waals surface area contributed by atoms with Crippen molar-refractivity contribution in [1.82, 2.24) is 4.90 Å². The van der Waals surface area contributed by atoms with Crippen LogP contribution in [0.15, 0.2) is 0 Å². The molecule has 0 aromatic carbocycles. The van der Waals surface area contributed by atoms with Gasteiger partial charge >= 0.3 is 0 Å². The lowest BCUT2D eigenvalue weighted by Gasteiger charge is -2.39. The van der Waals surface area contributed by atoms with Gasteiger partial charge in [0, 0.05) is 38.1 Å². The predicted octanol–water partition coefficient (Wildman–Crippen LogP) is 1.58. The summed E-state index contributed by atoms with van der Waals surface area (Å²) in [4.78, 5) is 13.8. The number of thiol groups is 1. The third-order valence-corrected chi connectivity index (χ3v) is 4.49. The van der Waals surface area contributed by atoms with E-state index in [0.717, 1.165) is 51.3 Å². The summed E-state index contributed by atoms with van der Waals surface area (Å²) in [6.07, 6.45) is 2.79. The summed E-state index contributed by atoms with van der Waals surface area (Å²) < 4.78 is 5.40. The maximum Gasteiger partial charge on any atom is 0.222 e. The number of carbonyl (C=O) groups excluding carboxylic acids is 1. The molecule has 0 aromatic rings. The molecule has 1 atom stereocenters. The van der Waals surface area contributed by atoms with Gasteiger partial charge in [0.2, 0.25) is 5.91 Å². The first-order chi connectivity index (χ1) is 7.65. The van der Waals surface area contributed by atoms with Gasteiger partial charge in [-0.05, 0) is 24.5 Å². The number of rotatable bonds is 3. The normalized spacial score (nSPS) is 29.8. The van der Waals surface area contributed by atoms with Crippen molar-refractivity contribution in [2.24, 2.45) is 11.3 Å². The Hall–Kier alpha value is -0.220. The Morgan fingerprint density at radius 3 is 2.69 bits per heavy atom. The van der Waals surface area contributed by atoms with E-state index in [0.29, 0.717) is 11.8 Å². The second kappa shape index (κ2) is 4.96. The third kappa shape index (κ3) is 2.54. The summed E-state index contributed by atoms with van der Waals surface area (Å²) in [5, 5.41) is 0. The number of amides is 1. The number of likely N-dealkylation sites (tertiary alicyclic amines) is 1. The van der Waals surface area contributed by atoms with E-state index in [-0.39, 0.29) is 5.41 Å². The van der Waals surface area contributed by atoms with Crippen molar-refractivity contribution in [2.75, 3.05) is 32.1 Å². The zero-order valence-corrected chi connectivity index (χ0v) is 10.8. The minimum absolute atomic E-state index is 0.196. The van der Waals surface area contributed by atoms with Gasteiger partial charge in [-0.1, -0.05) is 6.92 Å². The molecule has 2 fully saturated rings. The molecule has 92 valence electrons. The highest BCUT2D eigenvalue weighted by molar-refractivity contribution is 7.80. The minimum Gasteiger partial charge on any atom is -0.381 e. The number of ether oxygens (including phenoxy) is 1. The molecular formula is C12H21NO2S. The van der Waals surface area contributed by atoms with Crippen LogP contribution >= 0.6 is 12.6 Å². The molecule has 2 rings (SSSR count). The number of hydrogen-bond donors (Lipinski definition) is 1. The molecule has 2 saturated heterocycles. The van der Waals surface area contributed by atoms with E-state index in [1.165, 1.54) is 0 Å². The van der Waals surface area contributed by atoms with Crippen molar-refractivity contribution in [3.8, 4) is 0 Å². The molecule has 1 amide bonds. The van der Waals surface area contributed by atoms with Crippen LogP contribution in [-0.2, 0) is 9.53 Å². The fourth-order valence-corrected chi connectivity index (χ4v) is 3.11. The van der Waals surface area contributed by atoms with Crippen molar-refractivity contribution in [2.45, 2.75) is 26.2 Å². The van der Waals surface area contributed by atoms with Gasteiger partial charge in [-0.15, -0.1) is 0 Å². The van der Waals surface area contributed by atoms with Gasteiger partial charge < -0.3 is 9.64 Å². The predicted molar refractivity (Wildman–Crippen MR) is 66.7 cm³/mol. The van der Waals surface area contributed by atoms with E-state index in [1.54, 1.807) is 0 Å². The first-order valence-electron chi connectivity index (χ1n) is 6.12. The lowest BCUT2D eigenvalue weighted by Crippen LogP contribution is -2.43. The second-order valence-corrected chi connectivity index (χ2v) is 5.67. The Labute approximate surface area is 103 Å². The average Bonchev–Trinajstić information content (AvgIpc) is 2.59. The number of carbonyl (C=O) groups is 1. The molecule has 3 nitrogen and oxygen atoms in total. The molecule has 0 aliphatic carbocycles. The van der Waals surface area contributed by atoms with Crippen LogP contribution in [0, 0.1) is 11.3 Å². The number of nitrogens with zero attached hydrogens (tertiary/aromatic N) is 1. The SMILES string of the molecule is CC1CC(=O)N(CC2(CS)CCOCC2)C1. The molecule has 0 bridgehead atoms. The zero-order valence-electron chi connectivity index (χ0n) is 9.95. The van der Waals surface area contributed by atoms with Crippen LogP contribution < -0.4 is 0 Å². The first kappa shape index (κ1) is 12.2. The monoisotopic (exact) mass is 243 g/mol. The van der Waals surface area contributed by atoms with Crippen molar-refractivity contribution >= 4 is 18.5 Å². The summed E-state index contributed by atoms with van der Waals surface area (Å²) in [5.74, 6) is 1.69. The lowest BCUT2D eigenvalue weighted by molar-refractivity contribution is -0.129. The molecule has 2 aliphatic heterocycles. The molecule has 2 heterocycles. The van der Waals surface area contributed by atoms with Crippen molar-refractivity contribution in [1.29, 1.82) is 0 Å².